The lowest BCUT2D eigenvalue weighted by Crippen LogP contribution is -1.98. The monoisotopic (exact) mass is 124 g/mol. The zero-order valence-electron chi connectivity index (χ0n) is 5.67. The summed E-state index contributed by atoms with van der Waals surface area (Å²) in [5, 5.41) is 9.09. The van der Waals surface area contributed by atoms with E-state index in [0.29, 0.717) is 0 Å². The highest BCUT2D eigenvalue weighted by Crippen LogP contribution is 2.09. The standard InChI is InChI=1S/C8H12O/c1-7-3-2-4-8(9)6-5-7/h3,5-6,8-9H,2,4H2,1H3. The molecule has 9 heavy (non-hydrogen) atoms. The third-order valence-corrected chi connectivity index (χ3v) is 1.51. The molecule has 0 aromatic rings. The van der Waals surface area contributed by atoms with E-state index < -0.39 is 0 Å². The second kappa shape index (κ2) is 2.83. The minimum absolute atomic E-state index is 0.223. The molecule has 0 saturated carbocycles. The lowest BCUT2D eigenvalue weighted by molar-refractivity contribution is 0.215. The maximum absolute atomic E-state index is 9.09. The van der Waals surface area contributed by atoms with Gasteiger partial charge in [-0.05, 0) is 19.8 Å². The van der Waals surface area contributed by atoms with Gasteiger partial charge in [0.05, 0.1) is 6.10 Å². The van der Waals surface area contributed by atoms with Crippen LogP contribution in [0.2, 0.25) is 0 Å². The molecule has 1 N–H and O–H groups in total. The molecule has 0 aliphatic heterocycles. The molecule has 0 radical (unpaired) electrons. The van der Waals surface area contributed by atoms with Crippen molar-refractivity contribution in [1.82, 2.24) is 0 Å². The average Bonchev–Trinajstić information content (AvgIpc) is 1.97. The molecule has 0 spiro atoms. The first-order valence-electron chi connectivity index (χ1n) is 3.32. The predicted octanol–water partition coefficient (Wildman–Crippen LogP) is 1.64. The van der Waals surface area contributed by atoms with Crippen molar-refractivity contribution < 1.29 is 5.11 Å². The summed E-state index contributed by atoms with van der Waals surface area (Å²) >= 11 is 0. The van der Waals surface area contributed by atoms with Crippen molar-refractivity contribution >= 4 is 0 Å². The SMILES string of the molecule is CC1=CCCC(O)C=C1. The Morgan fingerprint density at radius 3 is 3.22 bits per heavy atom. The lowest BCUT2D eigenvalue weighted by atomic mass is 10.2. The second-order valence-electron chi connectivity index (χ2n) is 2.45. The van der Waals surface area contributed by atoms with Crippen molar-refractivity contribution in [3.05, 3.63) is 23.8 Å². The van der Waals surface area contributed by atoms with E-state index in [1.807, 2.05) is 12.2 Å². The first kappa shape index (κ1) is 6.56. The van der Waals surface area contributed by atoms with Crippen LogP contribution in [0.15, 0.2) is 23.8 Å². The predicted molar refractivity (Wildman–Crippen MR) is 38.1 cm³/mol. The van der Waals surface area contributed by atoms with Gasteiger partial charge in [-0.1, -0.05) is 23.8 Å². The Morgan fingerprint density at radius 2 is 2.44 bits per heavy atom. The van der Waals surface area contributed by atoms with Crippen LogP contribution >= 0.6 is 0 Å². The molecule has 0 fully saturated rings. The molecule has 0 aromatic heterocycles. The second-order valence-corrected chi connectivity index (χ2v) is 2.45. The van der Waals surface area contributed by atoms with Crippen molar-refractivity contribution in [2.24, 2.45) is 0 Å². The van der Waals surface area contributed by atoms with Crippen molar-refractivity contribution in [1.29, 1.82) is 0 Å². The highest BCUT2D eigenvalue weighted by molar-refractivity contribution is 5.18. The fourth-order valence-electron chi connectivity index (χ4n) is 0.909. The maximum Gasteiger partial charge on any atom is 0.0727 e. The summed E-state index contributed by atoms with van der Waals surface area (Å²) in [5.74, 6) is 0. The first-order valence-corrected chi connectivity index (χ1v) is 3.32. The lowest BCUT2D eigenvalue weighted by Gasteiger charge is -1.97. The summed E-state index contributed by atoms with van der Waals surface area (Å²) in [5.41, 5.74) is 1.26. The zero-order chi connectivity index (χ0) is 6.69. The Balaban J connectivity index is 2.58. The summed E-state index contributed by atoms with van der Waals surface area (Å²) in [6, 6.07) is 0. The van der Waals surface area contributed by atoms with E-state index in [4.69, 9.17) is 5.11 Å². The number of aliphatic hydroxyl groups is 1. The van der Waals surface area contributed by atoms with Crippen molar-refractivity contribution in [2.45, 2.75) is 25.9 Å². The van der Waals surface area contributed by atoms with E-state index in [-0.39, 0.29) is 6.10 Å². The third kappa shape index (κ3) is 2.02. The maximum atomic E-state index is 9.09. The molecule has 1 aliphatic rings. The molecule has 0 bridgehead atoms. The molecule has 1 rings (SSSR count). The smallest absolute Gasteiger partial charge is 0.0727 e. The van der Waals surface area contributed by atoms with Gasteiger partial charge in [0.25, 0.3) is 0 Å². The van der Waals surface area contributed by atoms with Crippen LogP contribution in [-0.2, 0) is 0 Å². The molecular weight excluding hydrogens is 112 g/mol. The highest BCUT2D eigenvalue weighted by atomic mass is 16.3. The fraction of sp³-hybridized carbons (Fsp3) is 0.500. The van der Waals surface area contributed by atoms with E-state index in [1.54, 1.807) is 0 Å². The summed E-state index contributed by atoms with van der Waals surface area (Å²) in [6.45, 7) is 2.05. The Kier molecular flexibility index (Phi) is 2.06. The Morgan fingerprint density at radius 1 is 1.67 bits per heavy atom. The van der Waals surface area contributed by atoms with Crippen LogP contribution in [0.25, 0.3) is 0 Å². The molecule has 1 atom stereocenters. The Bertz CT molecular complexity index is 145. The van der Waals surface area contributed by atoms with Crippen molar-refractivity contribution in [3.8, 4) is 0 Å². The van der Waals surface area contributed by atoms with Gasteiger partial charge in [-0.25, -0.2) is 0 Å². The number of rotatable bonds is 0. The molecule has 50 valence electrons. The van der Waals surface area contributed by atoms with E-state index in [0.717, 1.165) is 12.8 Å². The molecule has 0 aromatic carbocycles. The summed E-state index contributed by atoms with van der Waals surface area (Å²) < 4.78 is 0. The van der Waals surface area contributed by atoms with Crippen LogP contribution < -0.4 is 0 Å². The van der Waals surface area contributed by atoms with Gasteiger partial charge in [-0.15, -0.1) is 0 Å². The fourth-order valence-corrected chi connectivity index (χ4v) is 0.909. The van der Waals surface area contributed by atoms with E-state index in [1.165, 1.54) is 5.57 Å². The normalized spacial score (nSPS) is 27.3. The zero-order valence-corrected chi connectivity index (χ0v) is 5.67. The average molecular weight is 124 g/mol. The molecule has 0 amide bonds. The number of hydrogen-bond acceptors (Lipinski definition) is 1. The Hall–Kier alpha value is -0.560. The Labute approximate surface area is 55.7 Å². The van der Waals surface area contributed by atoms with E-state index >= 15 is 0 Å². The van der Waals surface area contributed by atoms with E-state index in [9.17, 15) is 0 Å². The first-order chi connectivity index (χ1) is 4.29. The van der Waals surface area contributed by atoms with Crippen LogP contribution in [0.4, 0.5) is 0 Å². The molecule has 1 heteroatoms. The largest absolute Gasteiger partial charge is 0.389 e. The van der Waals surface area contributed by atoms with Crippen LogP contribution in [0.5, 0.6) is 0 Å². The number of allylic oxidation sites excluding steroid dienone is 3. The summed E-state index contributed by atoms with van der Waals surface area (Å²) in [7, 11) is 0. The van der Waals surface area contributed by atoms with Gasteiger partial charge in [0.2, 0.25) is 0 Å². The summed E-state index contributed by atoms with van der Waals surface area (Å²) in [6.07, 6.45) is 7.61. The molecule has 1 unspecified atom stereocenters. The van der Waals surface area contributed by atoms with Crippen molar-refractivity contribution in [2.75, 3.05) is 0 Å². The van der Waals surface area contributed by atoms with Crippen molar-refractivity contribution in [3.63, 3.8) is 0 Å². The van der Waals surface area contributed by atoms with Crippen LogP contribution in [0.1, 0.15) is 19.8 Å². The van der Waals surface area contributed by atoms with Crippen LogP contribution in [-0.4, -0.2) is 11.2 Å². The van der Waals surface area contributed by atoms with E-state index in [2.05, 4.69) is 13.0 Å². The van der Waals surface area contributed by atoms with Gasteiger partial charge in [-0.2, -0.15) is 0 Å². The quantitative estimate of drug-likeness (QED) is 0.520. The van der Waals surface area contributed by atoms with Gasteiger partial charge < -0.3 is 5.11 Å². The topological polar surface area (TPSA) is 20.2 Å². The third-order valence-electron chi connectivity index (χ3n) is 1.51. The molecule has 1 nitrogen and oxygen atoms in total. The molecule has 0 heterocycles. The molecule has 1 aliphatic carbocycles. The number of aliphatic hydroxyl groups excluding tert-OH is 1. The van der Waals surface area contributed by atoms with Crippen LogP contribution in [0.3, 0.4) is 0 Å². The van der Waals surface area contributed by atoms with Gasteiger partial charge in [-0.3, -0.25) is 0 Å². The highest BCUT2D eigenvalue weighted by Gasteiger charge is 1.99. The minimum Gasteiger partial charge on any atom is -0.389 e. The molecular formula is C8H12O. The number of hydrogen-bond donors (Lipinski definition) is 1. The minimum atomic E-state index is -0.223. The van der Waals surface area contributed by atoms with Gasteiger partial charge in [0.15, 0.2) is 0 Å². The van der Waals surface area contributed by atoms with Gasteiger partial charge in [0, 0.05) is 0 Å². The van der Waals surface area contributed by atoms with Gasteiger partial charge >= 0.3 is 0 Å². The molecule has 0 saturated heterocycles. The van der Waals surface area contributed by atoms with Crippen LogP contribution in [0, 0.1) is 0 Å². The summed E-state index contributed by atoms with van der Waals surface area (Å²) in [4.78, 5) is 0. The van der Waals surface area contributed by atoms with Gasteiger partial charge in [0.1, 0.15) is 0 Å².